The van der Waals surface area contributed by atoms with Gasteiger partial charge in [0.2, 0.25) is 0 Å². The zero-order valence-corrected chi connectivity index (χ0v) is 19.3. The number of nitrogens with zero attached hydrogens (tertiary/aromatic N) is 1. The topological polar surface area (TPSA) is 91.8 Å². The molecular weight excluding hydrogens is 458 g/mol. The van der Waals surface area contributed by atoms with Gasteiger partial charge in [-0.05, 0) is 22.8 Å². The average Bonchev–Trinajstić information content (AvgIpc) is 2.94. The van der Waals surface area contributed by atoms with Gasteiger partial charge in [-0.3, -0.25) is 0 Å². The highest BCUT2D eigenvalue weighted by Gasteiger charge is 2.24. The molecule has 3 aromatic carbocycles. The number of carbonyl (C=O) groups excluding carboxylic acids is 3. The molecule has 0 spiro atoms. The lowest BCUT2D eigenvalue weighted by molar-refractivity contribution is 0.0416. The van der Waals surface area contributed by atoms with Crippen LogP contribution >= 0.6 is 0 Å². The van der Waals surface area contributed by atoms with Gasteiger partial charge in [0, 0.05) is 6.20 Å². The average molecular weight is 482 g/mol. The molecule has 0 saturated carbocycles. The molecule has 0 amide bonds. The summed E-state index contributed by atoms with van der Waals surface area (Å²) in [7, 11) is 0. The predicted octanol–water partition coefficient (Wildman–Crippen LogP) is 5.15. The lowest BCUT2D eigenvalue weighted by Crippen LogP contribution is -2.18. The lowest BCUT2D eigenvalue weighted by atomic mass is 10.1. The fraction of sp³-hybridized carbons (Fsp3) is 0.103. The molecule has 0 unspecified atom stereocenters. The molecule has 0 aliphatic heterocycles. The van der Waals surface area contributed by atoms with Crippen molar-refractivity contribution in [2.45, 2.75) is 19.8 Å². The number of hydrogen-bond donors (Lipinski definition) is 0. The summed E-state index contributed by atoms with van der Waals surface area (Å²) >= 11 is 0. The van der Waals surface area contributed by atoms with Crippen molar-refractivity contribution >= 4 is 17.9 Å². The van der Waals surface area contributed by atoms with Crippen LogP contribution < -0.4 is 0 Å². The van der Waals surface area contributed by atoms with Gasteiger partial charge in [-0.15, -0.1) is 0 Å². The summed E-state index contributed by atoms with van der Waals surface area (Å²) < 4.78 is 16.1. The van der Waals surface area contributed by atoms with Crippen molar-refractivity contribution in [2.75, 3.05) is 0 Å². The molecule has 1 aromatic heterocycles. The Bertz CT molecular complexity index is 1320. The first-order valence-corrected chi connectivity index (χ1v) is 11.2. The number of carbonyl (C=O) groups is 3. The van der Waals surface area contributed by atoms with E-state index < -0.39 is 17.9 Å². The minimum Gasteiger partial charge on any atom is -0.457 e. The second-order valence-corrected chi connectivity index (χ2v) is 7.81. The molecule has 7 heteroatoms. The van der Waals surface area contributed by atoms with Gasteiger partial charge in [0.25, 0.3) is 0 Å². The summed E-state index contributed by atoms with van der Waals surface area (Å²) in [6.07, 6.45) is 1.18. The monoisotopic (exact) mass is 481 g/mol. The molecule has 4 rings (SSSR count). The highest BCUT2D eigenvalue weighted by molar-refractivity contribution is 6.03. The van der Waals surface area contributed by atoms with Crippen LogP contribution in [-0.4, -0.2) is 22.9 Å². The van der Waals surface area contributed by atoms with Crippen molar-refractivity contribution in [2.24, 2.45) is 0 Å². The Morgan fingerprint density at radius 2 is 0.972 bits per heavy atom. The summed E-state index contributed by atoms with van der Waals surface area (Å²) in [6, 6.07) is 28.6. The second kappa shape index (κ2) is 12.1. The SMILES string of the molecule is O=C(OCc1ccccc1)c1cnc(C(=O)OCc2ccccc2)c(C(=O)OCc2ccccc2)c1. The zero-order chi connectivity index (χ0) is 25.2. The van der Waals surface area contributed by atoms with E-state index in [4.69, 9.17) is 14.2 Å². The third-order valence-corrected chi connectivity index (χ3v) is 5.17. The van der Waals surface area contributed by atoms with Gasteiger partial charge in [0.15, 0.2) is 5.69 Å². The van der Waals surface area contributed by atoms with Gasteiger partial charge in [0.1, 0.15) is 19.8 Å². The van der Waals surface area contributed by atoms with Crippen LogP contribution in [0.15, 0.2) is 103 Å². The van der Waals surface area contributed by atoms with E-state index in [0.717, 1.165) is 16.7 Å². The number of ether oxygens (including phenoxy) is 3. The van der Waals surface area contributed by atoms with Crippen molar-refractivity contribution < 1.29 is 28.6 Å². The molecule has 0 aliphatic carbocycles. The van der Waals surface area contributed by atoms with Gasteiger partial charge in [-0.2, -0.15) is 0 Å². The molecule has 0 N–H and O–H groups in total. The summed E-state index contributed by atoms with van der Waals surface area (Å²) in [6.45, 7) is 0.0376. The Morgan fingerprint density at radius 3 is 1.44 bits per heavy atom. The largest absolute Gasteiger partial charge is 0.457 e. The van der Waals surface area contributed by atoms with Crippen LogP contribution in [0.5, 0.6) is 0 Å². The first-order valence-electron chi connectivity index (χ1n) is 11.2. The maximum atomic E-state index is 12.9. The lowest BCUT2D eigenvalue weighted by Gasteiger charge is -2.11. The number of hydrogen-bond acceptors (Lipinski definition) is 7. The van der Waals surface area contributed by atoms with E-state index in [-0.39, 0.29) is 36.6 Å². The van der Waals surface area contributed by atoms with E-state index in [1.165, 1.54) is 12.3 Å². The van der Waals surface area contributed by atoms with Crippen LogP contribution in [0.1, 0.15) is 47.9 Å². The first kappa shape index (κ1) is 24.3. The standard InChI is InChI=1S/C29H23NO6/c31-27(34-18-21-10-4-1-5-11-21)24-16-25(28(32)35-19-22-12-6-2-7-13-22)26(30-17-24)29(33)36-20-23-14-8-3-9-15-23/h1-17H,18-20H2. The quantitative estimate of drug-likeness (QED) is 0.241. The summed E-state index contributed by atoms with van der Waals surface area (Å²) in [4.78, 5) is 42.5. The molecular formula is C29H23NO6. The Kier molecular flexibility index (Phi) is 8.17. The van der Waals surface area contributed by atoms with Crippen molar-refractivity contribution in [1.29, 1.82) is 0 Å². The molecule has 0 bridgehead atoms. The van der Waals surface area contributed by atoms with Crippen molar-refractivity contribution in [3.63, 3.8) is 0 Å². The third kappa shape index (κ3) is 6.64. The third-order valence-electron chi connectivity index (χ3n) is 5.17. The number of esters is 3. The number of aromatic nitrogens is 1. The van der Waals surface area contributed by atoms with Crippen LogP contribution in [0, 0.1) is 0 Å². The Morgan fingerprint density at radius 1 is 0.556 bits per heavy atom. The fourth-order valence-electron chi connectivity index (χ4n) is 3.29. The van der Waals surface area contributed by atoms with Gasteiger partial charge in [0.05, 0.1) is 11.1 Å². The predicted molar refractivity (Wildman–Crippen MR) is 131 cm³/mol. The van der Waals surface area contributed by atoms with Gasteiger partial charge < -0.3 is 14.2 Å². The maximum Gasteiger partial charge on any atom is 0.358 e. The number of benzene rings is 3. The molecule has 0 saturated heterocycles. The minimum atomic E-state index is -0.810. The van der Waals surface area contributed by atoms with E-state index >= 15 is 0 Å². The first-order chi connectivity index (χ1) is 17.6. The van der Waals surface area contributed by atoms with E-state index in [1.54, 1.807) is 12.1 Å². The molecule has 180 valence electrons. The van der Waals surface area contributed by atoms with Crippen molar-refractivity contribution in [3.8, 4) is 0 Å². The normalized spacial score (nSPS) is 10.3. The van der Waals surface area contributed by atoms with E-state index in [9.17, 15) is 14.4 Å². The number of pyridine rings is 1. The minimum absolute atomic E-state index is 0.000719. The van der Waals surface area contributed by atoms with Crippen LogP contribution in [0.4, 0.5) is 0 Å². The van der Waals surface area contributed by atoms with Crippen LogP contribution in [0.3, 0.4) is 0 Å². The van der Waals surface area contributed by atoms with Gasteiger partial charge in [-0.1, -0.05) is 91.0 Å². The van der Waals surface area contributed by atoms with Gasteiger partial charge >= 0.3 is 17.9 Å². The Hall–Kier alpha value is -4.78. The molecule has 7 nitrogen and oxygen atoms in total. The Labute approximate surface area is 208 Å². The summed E-state index contributed by atoms with van der Waals surface area (Å²) in [5.74, 6) is -2.31. The van der Waals surface area contributed by atoms with Gasteiger partial charge in [-0.25, -0.2) is 19.4 Å². The highest BCUT2D eigenvalue weighted by Crippen LogP contribution is 2.16. The maximum absolute atomic E-state index is 12.9. The van der Waals surface area contributed by atoms with Crippen LogP contribution in [-0.2, 0) is 34.0 Å². The molecule has 4 aromatic rings. The molecule has 1 heterocycles. The second-order valence-electron chi connectivity index (χ2n) is 7.81. The fourth-order valence-corrected chi connectivity index (χ4v) is 3.29. The molecule has 0 fully saturated rings. The zero-order valence-electron chi connectivity index (χ0n) is 19.3. The van der Waals surface area contributed by atoms with E-state index in [0.29, 0.717) is 0 Å². The van der Waals surface area contributed by atoms with E-state index in [2.05, 4.69) is 4.98 Å². The van der Waals surface area contributed by atoms with Crippen molar-refractivity contribution in [3.05, 3.63) is 137 Å². The van der Waals surface area contributed by atoms with E-state index in [1.807, 2.05) is 78.9 Å². The molecule has 0 atom stereocenters. The van der Waals surface area contributed by atoms with Crippen molar-refractivity contribution in [1.82, 2.24) is 4.98 Å². The summed E-state index contributed by atoms with van der Waals surface area (Å²) in [5, 5.41) is 0. The number of rotatable bonds is 9. The molecule has 0 radical (unpaired) electrons. The summed E-state index contributed by atoms with van der Waals surface area (Å²) in [5.41, 5.74) is 1.94. The Balaban J connectivity index is 1.52. The van der Waals surface area contributed by atoms with Crippen LogP contribution in [0.25, 0.3) is 0 Å². The van der Waals surface area contributed by atoms with Crippen LogP contribution in [0.2, 0.25) is 0 Å². The molecule has 36 heavy (non-hydrogen) atoms. The highest BCUT2D eigenvalue weighted by atomic mass is 16.5. The molecule has 0 aliphatic rings. The smallest absolute Gasteiger partial charge is 0.358 e.